The second kappa shape index (κ2) is 6.14. The van der Waals surface area contributed by atoms with Gasteiger partial charge in [-0.25, -0.2) is 4.98 Å². The van der Waals surface area contributed by atoms with Gasteiger partial charge in [0.1, 0.15) is 11.9 Å². The van der Waals surface area contributed by atoms with Crippen molar-refractivity contribution in [1.82, 2.24) is 9.97 Å². The van der Waals surface area contributed by atoms with Crippen LogP contribution in [0.5, 0.6) is 11.5 Å². The summed E-state index contributed by atoms with van der Waals surface area (Å²) in [5, 5.41) is 21.0. The first-order chi connectivity index (χ1) is 13.0. The fourth-order valence-electron chi connectivity index (χ4n) is 2.93. The number of allylic oxidation sites excluding steroid dienone is 1. The number of nitrogens with zero attached hydrogens (tertiary/aromatic N) is 3. The maximum absolute atomic E-state index is 11.4. The molecule has 0 atom stereocenters. The Morgan fingerprint density at radius 1 is 1.26 bits per heavy atom. The number of H-pyrrole nitrogens is 1. The van der Waals surface area contributed by atoms with Crippen LogP contribution >= 0.6 is 0 Å². The molecule has 2 heterocycles. The molecule has 1 aromatic heterocycles. The predicted octanol–water partition coefficient (Wildman–Crippen LogP) is 3.88. The lowest BCUT2D eigenvalue weighted by molar-refractivity contribution is -0.385. The molecule has 2 aromatic carbocycles. The number of nitro groups is 1. The van der Waals surface area contributed by atoms with E-state index in [9.17, 15) is 15.4 Å². The van der Waals surface area contributed by atoms with Crippen LogP contribution in [0.15, 0.2) is 24.3 Å². The van der Waals surface area contributed by atoms with Gasteiger partial charge >= 0.3 is 0 Å². The van der Waals surface area contributed by atoms with Gasteiger partial charge in [-0.2, -0.15) is 5.26 Å². The van der Waals surface area contributed by atoms with Crippen molar-refractivity contribution in [2.45, 2.75) is 13.8 Å². The first-order valence-electron chi connectivity index (χ1n) is 8.13. The number of aryl methyl sites for hydroxylation is 2. The molecule has 0 spiro atoms. The quantitative estimate of drug-likeness (QED) is 0.429. The SMILES string of the molecule is Cc1cc2nc(/C(C#N)=C/c3cc4c(cc3[N+](=O)[O-])OCO4)[nH]c2cc1C. The Balaban J connectivity index is 1.85. The van der Waals surface area contributed by atoms with Crippen LogP contribution in [0.1, 0.15) is 22.5 Å². The number of hydrogen-bond acceptors (Lipinski definition) is 6. The molecule has 0 unspecified atom stereocenters. The molecule has 1 aliphatic heterocycles. The molecule has 0 saturated carbocycles. The van der Waals surface area contributed by atoms with Crippen molar-refractivity contribution in [3.05, 3.63) is 56.9 Å². The number of fused-ring (bicyclic) bond motifs is 2. The number of imidazole rings is 1. The summed E-state index contributed by atoms with van der Waals surface area (Å²) in [7, 11) is 0. The molecular weight excluding hydrogens is 348 g/mol. The monoisotopic (exact) mass is 362 g/mol. The first-order valence-corrected chi connectivity index (χ1v) is 8.13. The minimum Gasteiger partial charge on any atom is -0.454 e. The number of aromatic amines is 1. The highest BCUT2D eigenvalue weighted by Gasteiger charge is 2.23. The van der Waals surface area contributed by atoms with Crippen molar-refractivity contribution in [2.75, 3.05) is 6.79 Å². The summed E-state index contributed by atoms with van der Waals surface area (Å²) in [6.07, 6.45) is 1.43. The fourth-order valence-corrected chi connectivity index (χ4v) is 2.93. The second-order valence-corrected chi connectivity index (χ2v) is 6.23. The Kier molecular flexibility index (Phi) is 3.78. The summed E-state index contributed by atoms with van der Waals surface area (Å²) in [5.74, 6) is 1.07. The summed E-state index contributed by atoms with van der Waals surface area (Å²) in [6.45, 7) is 3.99. The van der Waals surface area contributed by atoms with Crippen molar-refractivity contribution in [2.24, 2.45) is 0 Å². The molecule has 27 heavy (non-hydrogen) atoms. The van der Waals surface area contributed by atoms with E-state index in [2.05, 4.69) is 16.0 Å². The standard InChI is InChI=1S/C19H14N4O4/c1-10-3-14-15(4-11(10)2)22-19(21-14)13(8-20)5-12-6-17-18(27-9-26-17)7-16(12)23(24)25/h3-7H,9H2,1-2H3,(H,21,22)/b13-5+. The van der Waals surface area contributed by atoms with Gasteiger partial charge in [-0.05, 0) is 49.2 Å². The number of benzene rings is 2. The largest absolute Gasteiger partial charge is 0.454 e. The average molecular weight is 362 g/mol. The third-order valence-electron chi connectivity index (χ3n) is 4.49. The topological polar surface area (TPSA) is 114 Å². The highest BCUT2D eigenvalue weighted by atomic mass is 16.7. The van der Waals surface area contributed by atoms with Crippen LogP contribution in [-0.4, -0.2) is 21.7 Å². The van der Waals surface area contributed by atoms with Crippen molar-refractivity contribution < 1.29 is 14.4 Å². The molecule has 4 rings (SSSR count). The normalized spacial score (nSPS) is 13.0. The molecule has 1 N–H and O–H groups in total. The van der Waals surface area contributed by atoms with E-state index in [1.807, 2.05) is 26.0 Å². The van der Waals surface area contributed by atoms with Crippen molar-refractivity contribution in [1.29, 1.82) is 5.26 Å². The van der Waals surface area contributed by atoms with Gasteiger partial charge in [0.25, 0.3) is 5.69 Å². The number of ether oxygens (including phenoxy) is 2. The lowest BCUT2D eigenvalue weighted by Crippen LogP contribution is -1.93. The number of nitro benzene ring substituents is 1. The summed E-state index contributed by atoms with van der Waals surface area (Å²) in [6, 6.07) is 8.75. The fraction of sp³-hybridized carbons (Fsp3) is 0.158. The Bertz CT molecular complexity index is 1130. The lowest BCUT2D eigenvalue weighted by atomic mass is 10.1. The third-order valence-corrected chi connectivity index (χ3v) is 4.49. The van der Waals surface area contributed by atoms with E-state index in [4.69, 9.17) is 9.47 Å². The average Bonchev–Trinajstić information content (AvgIpc) is 3.25. The number of nitrogens with one attached hydrogen (secondary N) is 1. The third kappa shape index (κ3) is 2.85. The molecule has 3 aromatic rings. The maximum atomic E-state index is 11.4. The minimum atomic E-state index is -0.520. The Labute approximate surface area is 153 Å². The predicted molar refractivity (Wildman–Crippen MR) is 98.3 cm³/mol. The van der Waals surface area contributed by atoms with Crippen molar-refractivity contribution >= 4 is 28.4 Å². The van der Waals surface area contributed by atoms with E-state index >= 15 is 0 Å². The second-order valence-electron chi connectivity index (χ2n) is 6.23. The molecule has 1 aliphatic rings. The van der Waals surface area contributed by atoms with E-state index in [1.165, 1.54) is 18.2 Å². The Hall–Kier alpha value is -3.86. The molecule has 0 amide bonds. The van der Waals surface area contributed by atoms with Gasteiger partial charge < -0.3 is 14.5 Å². The molecule has 8 nitrogen and oxygen atoms in total. The van der Waals surface area contributed by atoms with Gasteiger partial charge in [0.15, 0.2) is 11.5 Å². The van der Waals surface area contributed by atoms with Gasteiger partial charge in [-0.1, -0.05) is 0 Å². The summed E-state index contributed by atoms with van der Waals surface area (Å²) < 4.78 is 10.5. The molecule has 0 aliphatic carbocycles. The minimum absolute atomic E-state index is 0.00698. The number of nitriles is 1. The molecule has 0 radical (unpaired) electrons. The molecule has 0 bridgehead atoms. The first kappa shape index (κ1) is 16.6. The Morgan fingerprint density at radius 3 is 2.67 bits per heavy atom. The zero-order valence-electron chi connectivity index (χ0n) is 14.6. The number of aromatic nitrogens is 2. The van der Waals surface area contributed by atoms with Crippen molar-refractivity contribution in [3.63, 3.8) is 0 Å². The molecule has 134 valence electrons. The smallest absolute Gasteiger partial charge is 0.280 e. The van der Waals surface area contributed by atoms with E-state index in [0.29, 0.717) is 17.3 Å². The van der Waals surface area contributed by atoms with Gasteiger partial charge in [0.2, 0.25) is 6.79 Å². The van der Waals surface area contributed by atoms with Crippen LogP contribution in [-0.2, 0) is 0 Å². The number of hydrogen-bond donors (Lipinski definition) is 1. The highest BCUT2D eigenvalue weighted by Crippen LogP contribution is 2.39. The van der Waals surface area contributed by atoms with Gasteiger partial charge in [-0.15, -0.1) is 0 Å². The Morgan fingerprint density at radius 2 is 1.96 bits per heavy atom. The van der Waals surface area contributed by atoms with E-state index < -0.39 is 4.92 Å². The van der Waals surface area contributed by atoms with E-state index in [0.717, 1.165) is 22.2 Å². The molecule has 0 fully saturated rings. The van der Waals surface area contributed by atoms with E-state index in [-0.39, 0.29) is 23.6 Å². The van der Waals surface area contributed by atoms with Crippen LogP contribution in [0.3, 0.4) is 0 Å². The van der Waals surface area contributed by atoms with E-state index in [1.54, 1.807) is 0 Å². The summed E-state index contributed by atoms with van der Waals surface area (Å²) in [5.41, 5.74) is 3.98. The summed E-state index contributed by atoms with van der Waals surface area (Å²) >= 11 is 0. The van der Waals surface area contributed by atoms with Crippen LogP contribution in [0.4, 0.5) is 5.69 Å². The van der Waals surface area contributed by atoms with Crippen LogP contribution in [0, 0.1) is 35.3 Å². The number of rotatable bonds is 3. The van der Waals surface area contributed by atoms with Crippen molar-refractivity contribution in [3.8, 4) is 17.6 Å². The van der Waals surface area contributed by atoms with Gasteiger partial charge in [-0.3, -0.25) is 10.1 Å². The summed E-state index contributed by atoms with van der Waals surface area (Å²) in [4.78, 5) is 18.5. The molecule has 8 heteroatoms. The van der Waals surface area contributed by atoms with Crippen LogP contribution in [0.25, 0.3) is 22.7 Å². The highest BCUT2D eigenvalue weighted by molar-refractivity contribution is 5.92. The van der Waals surface area contributed by atoms with Crippen LogP contribution in [0.2, 0.25) is 0 Å². The lowest BCUT2D eigenvalue weighted by Gasteiger charge is -2.01. The zero-order chi connectivity index (χ0) is 19.1. The zero-order valence-corrected chi connectivity index (χ0v) is 14.6. The van der Waals surface area contributed by atoms with Gasteiger partial charge in [0.05, 0.1) is 33.2 Å². The van der Waals surface area contributed by atoms with Gasteiger partial charge in [0, 0.05) is 0 Å². The van der Waals surface area contributed by atoms with Crippen LogP contribution < -0.4 is 9.47 Å². The maximum Gasteiger partial charge on any atom is 0.280 e. The molecule has 0 saturated heterocycles. The molecular formula is C19H14N4O4.